The molecule has 2 rings (SSSR count). The SMILES string of the molecule is CC1=C(C)C(=O)C(CC[C@@H](C)CC/C=C(\C)CC/C=C(\C)CCC=C2COC2)=C(C)C1=O. The Hall–Kier alpha value is -2.00. The summed E-state index contributed by atoms with van der Waals surface area (Å²) in [4.78, 5) is 24.9. The Morgan fingerprint density at radius 2 is 1.44 bits per heavy atom. The first-order valence-electron chi connectivity index (χ1n) is 12.2. The van der Waals surface area contributed by atoms with Gasteiger partial charge >= 0.3 is 0 Å². The molecule has 2 aliphatic rings. The van der Waals surface area contributed by atoms with E-state index in [0.29, 0.717) is 29.1 Å². The van der Waals surface area contributed by atoms with Gasteiger partial charge in [-0.3, -0.25) is 9.59 Å². The minimum Gasteiger partial charge on any atom is -0.373 e. The van der Waals surface area contributed by atoms with Crippen molar-refractivity contribution in [3.63, 3.8) is 0 Å². The molecule has 0 unspecified atom stereocenters. The van der Waals surface area contributed by atoms with Crippen molar-refractivity contribution in [2.24, 2.45) is 5.92 Å². The average molecular weight is 439 g/mol. The van der Waals surface area contributed by atoms with Crippen molar-refractivity contribution in [2.45, 2.75) is 92.9 Å². The summed E-state index contributed by atoms with van der Waals surface area (Å²) in [6, 6.07) is 0. The molecule has 1 aliphatic carbocycles. The largest absolute Gasteiger partial charge is 0.373 e. The lowest BCUT2D eigenvalue weighted by atomic mass is 9.82. The molecular formula is C29H42O3. The fourth-order valence-electron chi connectivity index (χ4n) is 4.20. The highest BCUT2D eigenvalue weighted by atomic mass is 16.5. The molecular weight excluding hydrogens is 396 g/mol. The second-order valence-electron chi connectivity index (χ2n) is 9.77. The van der Waals surface area contributed by atoms with Crippen molar-refractivity contribution in [2.75, 3.05) is 13.2 Å². The van der Waals surface area contributed by atoms with Crippen molar-refractivity contribution in [3.05, 3.63) is 57.2 Å². The van der Waals surface area contributed by atoms with Crippen LogP contribution in [-0.4, -0.2) is 24.8 Å². The van der Waals surface area contributed by atoms with Crippen LogP contribution >= 0.6 is 0 Å². The minimum atomic E-state index is 0.0394. The summed E-state index contributed by atoms with van der Waals surface area (Å²) in [6.07, 6.45) is 15.4. The highest BCUT2D eigenvalue weighted by molar-refractivity contribution is 6.24. The smallest absolute Gasteiger partial charge is 0.185 e. The standard InChI is InChI=1S/C29H42O3/c1-20(10-7-11-21(2)14-9-15-26-18-32-19-26)12-8-13-22(3)16-17-27-25(6)28(30)23(4)24(5)29(27)31/h11-12,15,22H,7-10,13-14,16-19H2,1-6H3/b20-12+,21-11+/t22-/m0/s1. The molecule has 0 aromatic carbocycles. The van der Waals surface area contributed by atoms with Gasteiger partial charge in [0.25, 0.3) is 0 Å². The second-order valence-corrected chi connectivity index (χ2v) is 9.77. The maximum absolute atomic E-state index is 12.6. The zero-order valence-electron chi connectivity index (χ0n) is 21.1. The number of ether oxygens (including phenoxy) is 1. The average Bonchev–Trinajstić information content (AvgIpc) is 2.72. The Morgan fingerprint density at radius 1 is 0.844 bits per heavy atom. The summed E-state index contributed by atoms with van der Waals surface area (Å²) in [6.45, 7) is 13.7. The summed E-state index contributed by atoms with van der Waals surface area (Å²) in [5, 5.41) is 0. The molecule has 1 saturated heterocycles. The molecule has 0 aromatic heterocycles. The third-order valence-corrected chi connectivity index (χ3v) is 6.93. The number of hydrogen-bond acceptors (Lipinski definition) is 3. The number of rotatable bonds is 12. The molecule has 3 heteroatoms. The number of allylic oxidation sites excluding steroid dienone is 9. The first-order chi connectivity index (χ1) is 15.2. The molecule has 176 valence electrons. The van der Waals surface area contributed by atoms with E-state index in [0.717, 1.165) is 63.7 Å². The van der Waals surface area contributed by atoms with Crippen LogP contribution in [-0.2, 0) is 14.3 Å². The van der Waals surface area contributed by atoms with E-state index in [2.05, 4.69) is 39.0 Å². The van der Waals surface area contributed by atoms with Gasteiger partial charge in [0, 0.05) is 22.3 Å². The molecule has 1 fully saturated rings. The van der Waals surface area contributed by atoms with E-state index < -0.39 is 0 Å². The summed E-state index contributed by atoms with van der Waals surface area (Å²) in [5.74, 6) is 0.643. The third-order valence-electron chi connectivity index (χ3n) is 6.93. The normalized spacial score (nSPS) is 19.0. The van der Waals surface area contributed by atoms with Gasteiger partial charge in [0.1, 0.15) is 0 Å². The topological polar surface area (TPSA) is 43.4 Å². The van der Waals surface area contributed by atoms with Gasteiger partial charge in [-0.1, -0.05) is 36.3 Å². The molecule has 0 radical (unpaired) electrons. The van der Waals surface area contributed by atoms with Crippen molar-refractivity contribution in [1.82, 2.24) is 0 Å². The van der Waals surface area contributed by atoms with Crippen molar-refractivity contribution in [1.29, 1.82) is 0 Å². The number of Topliss-reactive ketones (excluding diaryl/α,β-unsaturated/α-hetero) is 2. The van der Waals surface area contributed by atoms with Gasteiger partial charge in [0.05, 0.1) is 13.2 Å². The monoisotopic (exact) mass is 438 g/mol. The molecule has 0 N–H and O–H groups in total. The van der Waals surface area contributed by atoms with E-state index in [1.165, 1.54) is 16.7 Å². The molecule has 0 aromatic rings. The Bertz CT molecular complexity index is 855. The van der Waals surface area contributed by atoms with E-state index >= 15 is 0 Å². The maximum atomic E-state index is 12.6. The second kappa shape index (κ2) is 12.9. The summed E-state index contributed by atoms with van der Waals surface area (Å²) < 4.78 is 5.17. The Kier molecular flexibility index (Phi) is 10.6. The molecule has 0 spiro atoms. The van der Waals surface area contributed by atoms with Crippen LogP contribution in [0.25, 0.3) is 0 Å². The highest BCUT2D eigenvalue weighted by Gasteiger charge is 2.27. The Balaban J connectivity index is 1.67. The molecule has 1 heterocycles. The van der Waals surface area contributed by atoms with Gasteiger partial charge in [-0.25, -0.2) is 0 Å². The molecule has 1 aliphatic heterocycles. The number of carbonyl (C=O) groups is 2. The van der Waals surface area contributed by atoms with E-state index in [1.54, 1.807) is 20.8 Å². The van der Waals surface area contributed by atoms with Gasteiger partial charge in [0.15, 0.2) is 11.6 Å². The van der Waals surface area contributed by atoms with Crippen molar-refractivity contribution < 1.29 is 14.3 Å². The van der Waals surface area contributed by atoms with Crippen LogP contribution in [0.2, 0.25) is 0 Å². The summed E-state index contributed by atoms with van der Waals surface area (Å²) >= 11 is 0. The summed E-state index contributed by atoms with van der Waals surface area (Å²) in [5.41, 5.74) is 6.99. The fraction of sp³-hybridized carbons (Fsp3) is 0.586. The minimum absolute atomic E-state index is 0.0394. The van der Waals surface area contributed by atoms with Gasteiger partial charge in [-0.2, -0.15) is 0 Å². The maximum Gasteiger partial charge on any atom is 0.185 e. The lowest BCUT2D eigenvalue weighted by molar-refractivity contribution is -0.116. The Morgan fingerprint density at radius 3 is 2.06 bits per heavy atom. The molecule has 0 amide bonds. The van der Waals surface area contributed by atoms with Gasteiger partial charge in [-0.05, 0) is 97.5 Å². The van der Waals surface area contributed by atoms with Crippen molar-refractivity contribution in [3.8, 4) is 0 Å². The predicted molar refractivity (Wildman–Crippen MR) is 134 cm³/mol. The summed E-state index contributed by atoms with van der Waals surface area (Å²) in [7, 11) is 0. The fourth-order valence-corrected chi connectivity index (χ4v) is 4.20. The Labute approximate surface area is 195 Å². The zero-order chi connectivity index (χ0) is 23.7. The quantitative estimate of drug-likeness (QED) is 0.235. The molecule has 32 heavy (non-hydrogen) atoms. The van der Waals surface area contributed by atoms with E-state index in [9.17, 15) is 9.59 Å². The zero-order valence-corrected chi connectivity index (χ0v) is 21.1. The van der Waals surface area contributed by atoms with Crippen molar-refractivity contribution >= 4 is 11.6 Å². The van der Waals surface area contributed by atoms with Crippen LogP contribution < -0.4 is 0 Å². The van der Waals surface area contributed by atoms with E-state index in [1.807, 2.05) is 0 Å². The molecule has 0 bridgehead atoms. The van der Waals surface area contributed by atoms with Crippen LogP contribution in [0.15, 0.2) is 57.2 Å². The van der Waals surface area contributed by atoms with E-state index in [-0.39, 0.29) is 11.6 Å². The number of hydrogen-bond donors (Lipinski definition) is 0. The van der Waals surface area contributed by atoms with Crippen LogP contribution in [0.4, 0.5) is 0 Å². The third kappa shape index (κ3) is 7.85. The molecule has 3 nitrogen and oxygen atoms in total. The highest BCUT2D eigenvalue weighted by Crippen LogP contribution is 2.29. The van der Waals surface area contributed by atoms with Crippen LogP contribution in [0, 0.1) is 5.92 Å². The first-order valence-corrected chi connectivity index (χ1v) is 12.2. The lowest BCUT2D eigenvalue weighted by Crippen LogP contribution is -2.21. The van der Waals surface area contributed by atoms with Gasteiger partial charge in [-0.15, -0.1) is 0 Å². The molecule has 0 saturated carbocycles. The molecule has 1 atom stereocenters. The van der Waals surface area contributed by atoms with Crippen LogP contribution in [0.5, 0.6) is 0 Å². The predicted octanol–water partition coefficient (Wildman–Crippen LogP) is 7.40. The van der Waals surface area contributed by atoms with Gasteiger partial charge in [0.2, 0.25) is 0 Å². The number of carbonyl (C=O) groups excluding carboxylic acids is 2. The number of ketones is 2. The van der Waals surface area contributed by atoms with Crippen LogP contribution in [0.3, 0.4) is 0 Å². The lowest BCUT2D eigenvalue weighted by Gasteiger charge is -2.20. The van der Waals surface area contributed by atoms with E-state index in [4.69, 9.17) is 4.74 Å². The van der Waals surface area contributed by atoms with Gasteiger partial charge < -0.3 is 4.74 Å². The van der Waals surface area contributed by atoms with Crippen LogP contribution in [0.1, 0.15) is 92.9 Å². The first kappa shape index (κ1) is 26.3.